The van der Waals surface area contributed by atoms with E-state index in [1.807, 2.05) is 12.2 Å². The van der Waals surface area contributed by atoms with Crippen LogP contribution in [-0.2, 0) is 38.1 Å². The van der Waals surface area contributed by atoms with Gasteiger partial charge in [0.25, 0.3) is 20.2 Å². The number of hydrogen-bond donors (Lipinski definition) is 4. The molecule has 2 spiro atoms. The zero-order chi connectivity index (χ0) is 38.9. The summed E-state index contributed by atoms with van der Waals surface area (Å²) in [6.45, 7) is 1.45. The first-order valence-electron chi connectivity index (χ1n) is 19.3. The second kappa shape index (κ2) is 11.3. The Morgan fingerprint density at radius 2 is 1.12 bits per heavy atom. The van der Waals surface area contributed by atoms with E-state index in [1.54, 1.807) is 24.3 Å². The topological polar surface area (TPSA) is 193 Å². The van der Waals surface area contributed by atoms with E-state index in [4.69, 9.17) is 17.8 Å². The van der Waals surface area contributed by atoms with Crippen LogP contribution in [0.25, 0.3) is 0 Å². The standard InChI is InChI=1S/C40H44N2O12S2/c1-41-16-14-37-25-6-8-29(43)33(37)51-35-31(37)21(18-27(25)41)10-12-39(35,45)53-55(47,48)23-4-3-5-24(20-23)56(49,50)54-40(46)13-11-22-19-28-26-7-9-30(44)34-38(26,15-17-42(28)2)32(22)36(40)52-34/h3-11,20,25-30,33-34,43-46H,12-19H2,1-2H3/t25-,26-,27+,28+,29-,30-,33-,34-,37-,38-,39?,40?/m0/s1. The van der Waals surface area contributed by atoms with Crippen molar-refractivity contribution in [1.82, 2.24) is 9.80 Å². The van der Waals surface area contributed by atoms with E-state index >= 15 is 0 Å². The summed E-state index contributed by atoms with van der Waals surface area (Å²) in [5.41, 5.74) is 1.88. The van der Waals surface area contributed by atoms with Crippen LogP contribution < -0.4 is 0 Å². The molecule has 4 heterocycles. The maximum atomic E-state index is 14.0. The molecule has 56 heavy (non-hydrogen) atoms. The van der Waals surface area contributed by atoms with Gasteiger partial charge in [0, 0.05) is 58.7 Å². The van der Waals surface area contributed by atoms with Gasteiger partial charge in [-0.25, -0.2) is 8.37 Å². The van der Waals surface area contributed by atoms with Crippen LogP contribution in [0.15, 0.2) is 104 Å². The summed E-state index contributed by atoms with van der Waals surface area (Å²) in [5, 5.41) is 46.4. The second-order valence-electron chi connectivity index (χ2n) is 17.4. The number of aliphatic hydroxyl groups excluding tert-OH is 2. The fraction of sp³-hybridized carbons (Fsp3) is 0.550. The lowest BCUT2D eigenvalue weighted by atomic mass is 9.51. The normalized spacial score (nSPS) is 44.5. The van der Waals surface area contributed by atoms with Crippen LogP contribution in [0.3, 0.4) is 0 Å². The van der Waals surface area contributed by atoms with Crippen molar-refractivity contribution in [2.24, 2.45) is 22.7 Å². The van der Waals surface area contributed by atoms with Gasteiger partial charge in [-0.2, -0.15) is 16.8 Å². The number of ether oxygens (including phenoxy) is 2. The van der Waals surface area contributed by atoms with Crippen molar-refractivity contribution < 1.29 is 55.1 Å². The second-order valence-corrected chi connectivity index (χ2v) is 20.5. The van der Waals surface area contributed by atoms with Crippen molar-refractivity contribution in [2.45, 2.75) is 96.4 Å². The summed E-state index contributed by atoms with van der Waals surface area (Å²) in [6.07, 6.45) is 9.59. The molecule has 0 aromatic heterocycles. The quantitative estimate of drug-likeness (QED) is 0.185. The van der Waals surface area contributed by atoms with E-state index in [0.717, 1.165) is 42.4 Å². The first kappa shape index (κ1) is 36.0. The molecule has 11 rings (SSSR count). The molecular formula is C40H44N2O12S2. The molecular weight excluding hydrogens is 765 g/mol. The Morgan fingerprint density at radius 3 is 1.55 bits per heavy atom. The molecule has 2 saturated heterocycles. The summed E-state index contributed by atoms with van der Waals surface area (Å²) in [7, 11) is -5.63. The highest BCUT2D eigenvalue weighted by Crippen LogP contribution is 2.68. The van der Waals surface area contributed by atoms with Gasteiger partial charge in [0.2, 0.25) is 11.6 Å². The first-order valence-corrected chi connectivity index (χ1v) is 22.2. The molecule has 10 aliphatic rings. The van der Waals surface area contributed by atoms with E-state index in [0.29, 0.717) is 36.8 Å². The van der Waals surface area contributed by atoms with Crippen molar-refractivity contribution in [3.05, 3.63) is 94.5 Å². The van der Waals surface area contributed by atoms with Gasteiger partial charge in [0.1, 0.15) is 24.4 Å². The van der Waals surface area contributed by atoms with Crippen molar-refractivity contribution in [1.29, 1.82) is 0 Å². The Bertz CT molecular complexity index is 2240. The first-order chi connectivity index (χ1) is 26.5. The Balaban J connectivity index is 0.903. The number of likely N-dealkylation sites (tertiary alicyclic amines) is 2. The molecule has 0 amide bonds. The summed E-state index contributed by atoms with van der Waals surface area (Å²) in [4.78, 5) is 3.43. The highest BCUT2D eigenvalue weighted by atomic mass is 32.2. The Hall–Kier alpha value is -3.16. The van der Waals surface area contributed by atoms with Crippen molar-refractivity contribution in [3.63, 3.8) is 0 Å². The molecule has 16 heteroatoms. The highest BCUT2D eigenvalue weighted by Gasteiger charge is 2.70. The average molecular weight is 809 g/mol. The molecule has 4 fully saturated rings. The van der Waals surface area contributed by atoms with Gasteiger partial charge in [0.15, 0.2) is 11.5 Å². The van der Waals surface area contributed by atoms with Crippen LogP contribution in [-0.4, -0.2) is 122 Å². The highest BCUT2D eigenvalue weighted by molar-refractivity contribution is 7.87. The van der Waals surface area contributed by atoms with Gasteiger partial charge in [-0.05, 0) is 82.2 Å². The fourth-order valence-corrected chi connectivity index (χ4v) is 14.6. The molecule has 298 valence electrons. The summed E-state index contributed by atoms with van der Waals surface area (Å²) in [6, 6.07) is 4.65. The smallest absolute Gasteiger partial charge is 0.300 e. The predicted molar refractivity (Wildman–Crippen MR) is 196 cm³/mol. The lowest BCUT2D eigenvalue weighted by Crippen LogP contribution is -2.62. The van der Waals surface area contributed by atoms with E-state index in [1.165, 1.54) is 6.07 Å². The van der Waals surface area contributed by atoms with Crippen LogP contribution in [0.5, 0.6) is 0 Å². The number of aliphatic hydroxyl groups is 4. The number of rotatable bonds is 6. The van der Waals surface area contributed by atoms with Gasteiger partial charge in [-0.1, -0.05) is 42.5 Å². The maximum absolute atomic E-state index is 14.0. The minimum absolute atomic E-state index is 0.0290. The van der Waals surface area contributed by atoms with Gasteiger partial charge in [-0.3, -0.25) is 0 Å². The SMILES string of the molecule is CN1CC[C@]23C4=C5O[C@H]2[C@@H](O)C=C[C@H]3[C@H]1CC4=CCC5(O)OS(=O)(=O)c1cccc(S(=O)(=O)OC2(O)CC=C3C[C@@H]4[C@@H]5C=C[C@H](O)[C@@H]6OC2=C3[C@]56CCN4C)c1. The minimum Gasteiger partial charge on any atom is -0.485 e. The summed E-state index contributed by atoms with van der Waals surface area (Å²) < 4.78 is 80.2. The Labute approximate surface area is 324 Å². The number of piperidine rings is 2. The zero-order valence-corrected chi connectivity index (χ0v) is 32.4. The molecule has 1 aromatic rings. The van der Waals surface area contributed by atoms with Gasteiger partial charge in [0.05, 0.1) is 9.79 Å². The molecule has 14 nitrogen and oxygen atoms in total. The van der Waals surface area contributed by atoms with Crippen molar-refractivity contribution >= 4 is 20.2 Å². The zero-order valence-electron chi connectivity index (χ0n) is 30.8. The average Bonchev–Trinajstić information content (AvgIpc) is 3.71. The van der Waals surface area contributed by atoms with E-state index in [9.17, 15) is 37.3 Å². The van der Waals surface area contributed by atoms with Crippen molar-refractivity contribution in [3.8, 4) is 0 Å². The predicted octanol–water partition coefficient (Wildman–Crippen LogP) is 1.72. The number of benzene rings is 1. The molecule has 1 aromatic carbocycles. The third kappa shape index (κ3) is 4.43. The largest absolute Gasteiger partial charge is 0.485 e. The van der Waals surface area contributed by atoms with Gasteiger partial charge < -0.3 is 39.7 Å². The molecule has 0 radical (unpaired) electrons. The Kier molecular flexibility index (Phi) is 7.26. The third-order valence-electron chi connectivity index (χ3n) is 14.8. The number of hydrogen-bond acceptors (Lipinski definition) is 14. The van der Waals surface area contributed by atoms with Crippen molar-refractivity contribution in [2.75, 3.05) is 27.2 Å². The van der Waals surface area contributed by atoms with Gasteiger partial charge >= 0.3 is 0 Å². The molecule has 12 atom stereocenters. The molecule has 2 unspecified atom stereocenters. The van der Waals surface area contributed by atoms with Gasteiger partial charge in [-0.15, -0.1) is 0 Å². The lowest BCUT2D eigenvalue weighted by Gasteiger charge is -2.58. The molecule has 2 saturated carbocycles. The lowest BCUT2D eigenvalue weighted by molar-refractivity contribution is -0.152. The van der Waals surface area contributed by atoms with E-state index in [-0.39, 0.29) is 48.3 Å². The van der Waals surface area contributed by atoms with Crippen LogP contribution in [0.4, 0.5) is 0 Å². The van der Waals surface area contributed by atoms with E-state index < -0.39 is 76.8 Å². The number of nitrogens with zero attached hydrogens (tertiary/aromatic N) is 2. The Morgan fingerprint density at radius 1 is 0.696 bits per heavy atom. The van der Waals surface area contributed by atoms with Crippen LogP contribution >= 0.6 is 0 Å². The van der Waals surface area contributed by atoms with Crippen LogP contribution in [0.1, 0.15) is 38.5 Å². The fourth-order valence-electron chi connectivity index (χ4n) is 12.3. The maximum Gasteiger partial charge on any atom is 0.300 e. The third-order valence-corrected chi connectivity index (χ3v) is 17.4. The minimum atomic E-state index is -4.88. The molecule has 6 aliphatic carbocycles. The monoisotopic (exact) mass is 808 g/mol. The summed E-state index contributed by atoms with van der Waals surface area (Å²) >= 11 is 0. The van der Waals surface area contributed by atoms with E-state index in [2.05, 4.69) is 23.9 Å². The molecule has 4 N–H and O–H groups in total. The van der Waals surface area contributed by atoms with Crippen LogP contribution in [0, 0.1) is 22.7 Å². The molecule has 4 bridgehead atoms. The van der Waals surface area contributed by atoms with Crippen LogP contribution in [0.2, 0.25) is 0 Å². The molecule has 4 aliphatic heterocycles. The summed E-state index contributed by atoms with van der Waals surface area (Å²) in [5.74, 6) is -5.07.